The van der Waals surface area contributed by atoms with Crippen LogP contribution in [0.5, 0.6) is 0 Å². The molecule has 0 aromatic carbocycles. The summed E-state index contributed by atoms with van der Waals surface area (Å²) in [5.74, 6) is 2.35. The van der Waals surface area contributed by atoms with Gasteiger partial charge in [0, 0.05) is 0 Å². The third-order valence-corrected chi connectivity index (χ3v) is 9.50. The Kier molecular flexibility index (Phi) is 3.19. The van der Waals surface area contributed by atoms with Gasteiger partial charge in [-0.1, -0.05) is 13.8 Å². The van der Waals surface area contributed by atoms with Crippen LogP contribution in [0.4, 0.5) is 0 Å². The van der Waals surface area contributed by atoms with Crippen LogP contribution in [0.3, 0.4) is 0 Å². The molecular weight excluding hydrogens is 312 g/mol. The van der Waals surface area contributed by atoms with Gasteiger partial charge in [0.25, 0.3) is 0 Å². The van der Waals surface area contributed by atoms with Crippen LogP contribution in [0.2, 0.25) is 0 Å². The van der Waals surface area contributed by atoms with Crippen LogP contribution in [-0.4, -0.2) is 26.0 Å². The molecule has 3 N–H and O–H groups in total. The smallest absolute Gasteiger partial charge is 0.0990 e. The van der Waals surface area contributed by atoms with E-state index in [1.165, 1.54) is 24.8 Å². The molecule has 3 saturated carbocycles. The van der Waals surface area contributed by atoms with Gasteiger partial charge in [0.2, 0.25) is 0 Å². The summed E-state index contributed by atoms with van der Waals surface area (Å²) in [6, 6.07) is 0. The van der Waals surface area contributed by atoms with Gasteiger partial charge in [0.05, 0.1) is 23.6 Å². The number of hydrogen-bond acceptors (Lipinski definition) is 3. The van der Waals surface area contributed by atoms with Crippen molar-refractivity contribution in [1.29, 1.82) is 0 Å². The van der Waals surface area contributed by atoms with Gasteiger partial charge < -0.3 is 10.2 Å². The Bertz CT molecular complexity index is 698. The van der Waals surface area contributed by atoms with Crippen LogP contribution in [0.15, 0.2) is 6.20 Å². The molecule has 3 fully saturated rings. The van der Waals surface area contributed by atoms with Crippen molar-refractivity contribution >= 4 is 0 Å². The summed E-state index contributed by atoms with van der Waals surface area (Å²) in [5.41, 5.74) is 1.91. The molecule has 0 spiro atoms. The highest BCUT2D eigenvalue weighted by atomic mass is 16.3. The summed E-state index contributed by atoms with van der Waals surface area (Å²) < 4.78 is 0. The predicted octanol–water partition coefficient (Wildman–Crippen LogP) is 3.61. The van der Waals surface area contributed by atoms with Crippen LogP contribution < -0.4 is 0 Å². The number of fused-ring (bicyclic) bond motifs is 6. The van der Waals surface area contributed by atoms with E-state index >= 15 is 0 Å². The Hall–Kier alpha value is -0.870. The molecule has 138 valence electrons. The molecule has 4 aliphatic carbocycles. The van der Waals surface area contributed by atoms with Crippen LogP contribution in [0.1, 0.15) is 76.7 Å². The van der Waals surface area contributed by atoms with Gasteiger partial charge in [0.1, 0.15) is 0 Å². The molecule has 4 heteroatoms. The second-order valence-corrected chi connectivity index (χ2v) is 10.3. The number of rotatable bonds is 0. The molecule has 1 aromatic rings. The highest BCUT2D eigenvalue weighted by molar-refractivity contribution is 5.28. The number of aromatic nitrogens is 2. The van der Waals surface area contributed by atoms with Crippen molar-refractivity contribution in [3.05, 3.63) is 17.5 Å². The first-order valence-electron chi connectivity index (χ1n) is 10.2. The van der Waals surface area contributed by atoms with Crippen molar-refractivity contribution < 1.29 is 10.2 Å². The van der Waals surface area contributed by atoms with Crippen molar-refractivity contribution in [3.8, 4) is 0 Å². The second-order valence-electron chi connectivity index (χ2n) is 10.3. The molecule has 0 saturated heterocycles. The Labute approximate surface area is 150 Å². The number of hydrogen-bond donors (Lipinski definition) is 3. The molecule has 0 amide bonds. The van der Waals surface area contributed by atoms with Crippen LogP contribution in [-0.2, 0) is 6.42 Å². The van der Waals surface area contributed by atoms with E-state index in [0.29, 0.717) is 23.7 Å². The molecular formula is C21H32N2O2. The molecule has 25 heavy (non-hydrogen) atoms. The summed E-state index contributed by atoms with van der Waals surface area (Å²) in [4.78, 5) is 0. The zero-order valence-electron chi connectivity index (χ0n) is 15.8. The van der Waals surface area contributed by atoms with Crippen LogP contribution in [0, 0.1) is 34.5 Å². The van der Waals surface area contributed by atoms with E-state index in [0.717, 1.165) is 31.4 Å². The van der Waals surface area contributed by atoms with Gasteiger partial charge in [-0.15, -0.1) is 0 Å². The SMILES string of the molecule is C[C@]12Cc3cn[nH]c3[C@H](O)[C@@H]1CC[C@@H]1[C@@H]2CC[C@@]2(C)[C@H]1CC[C@]2(C)O. The number of aromatic amines is 1. The molecule has 0 aliphatic heterocycles. The third-order valence-electron chi connectivity index (χ3n) is 9.50. The van der Waals surface area contributed by atoms with E-state index in [1.54, 1.807) is 0 Å². The fraction of sp³-hybridized carbons (Fsp3) is 0.857. The number of nitrogens with zero attached hydrogens (tertiary/aromatic N) is 1. The average Bonchev–Trinajstić information content (AvgIpc) is 3.10. The highest BCUT2D eigenvalue weighted by Gasteiger charge is 2.64. The maximum atomic E-state index is 11.0. The minimum absolute atomic E-state index is 0.0748. The average molecular weight is 344 g/mol. The van der Waals surface area contributed by atoms with Crippen molar-refractivity contribution in [1.82, 2.24) is 10.2 Å². The summed E-state index contributed by atoms with van der Waals surface area (Å²) in [5, 5.41) is 29.3. The highest BCUT2D eigenvalue weighted by Crippen LogP contribution is 2.68. The fourth-order valence-electron chi connectivity index (χ4n) is 7.84. The molecule has 0 bridgehead atoms. The minimum Gasteiger partial charge on any atom is -0.390 e. The first-order chi connectivity index (χ1) is 11.8. The van der Waals surface area contributed by atoms with Gasteiger partial charge in [-0.3, -0.25) is 5.10 Å². The summed E-state index contributed by atoms with van der Waals surface area (Å²) in [7, 11) is 0. The largest absolute Gasteiger partial charge is 0.390 e. The van der Waals surface area contributed by atoms with E-state index in [4.69, 9.17) is 0 Å². The Morgan fingerprint density at radius 2 is 1.80 bits per heavy atom. The van der Waals surface area contributed by atoms with Crippen molar-refractivity contribution in [3.63, 3.8) is 0 Å². The molecule has 8 atom stereocenters. The van der Waals surface area contributed by atoms with Crippen LogP contribution >= 0.6 is 0 Å². The fourth-order valence-corrected chi connectivity index (χ4v) is 7.84. The number of aliphatic hydroxyl groups is 2. The molecule has 1 heterocycles. The van der Waals surface area contributed by atoms with Crippen LogP contribution in [0.25, 0.3) is 0 Å². The van der Waals surface area contributed by atoms with Crippen molar-refractivity contribution in [2.45, 2.75) is 77.4 Å². The van der Waals surface area contributed by atoms with Crippen molar-refractivity contribution in [2.24, 2.45) is 34.5 Å². The first-order valence-corrected chi connectivity index (χ1v) is 10.2. The van der Waals surface area contributed by atoms with E-state index < -0.39 is 11.7 Å². The van der Waals surface area contributed by atoms with Gasteiger partial charge in [-0.2, -0.15) is 5.10 Å². The molecule has 4 aliphatic rings. The number of nitrogens with one attached hydrogen (secondary N) is 1. The van der Waals surface area contributed by atoms with Gasteiger partial charge in [0.15, 0.2) is 0 Å². The van der Waals surface area contributed by atoms with E-state index in [9.17, 15) is 10.2 Å². The first kappa shape index (κ1) is 16.3. The number of aliphatic hydroxyl groups excluding tert-OH is 1. The minimum atomic E-state index is -0.510. The topological polar surface area (TPSA) is 69.1 Å². The lowest BCUT2D eigenvalue weighted by molar-refractivity contribution is -0.156. The second kappa shape index (κ2) is 4.89. The zero-order chi connectivity index (χ0) is 17.6. The van der Waals surface area contributed by atoms with Gasteiger partial charge in [-0.05, 0) is 91.9 Å². The molecule has 1 aromatic heterocycles. The van der Waals surface area contributed by atoms with E-state index in [-0.39, 0.29) is 10.8 Å². The predicted molar refractivity (Wildman–Crippen MR) is 95.8 cm³/mol. The quantitative estimate of drug-likeness (QED) is 0.673. The maximum Gasteiger partial charge on any atom is 0.0990 e. The maximum absolute atomic E-state index is 11.0. The zero-order valence-corrected chi connectivity index (χ0v) is 15.8. The lowest BCUT2D eigenvalue weighted by Gasteiger charge is -2.61. The monoisotopic (exact) mass is 344 g/mol. The standard InChI is InChI=1S/C21H32N2O2/c1-19-10-12-11-22-23-17(12)18(24)16(19)5-4-13-14(19)6-8-20(2)15(13)7-9-21(20,3)25/h11,13-16,18,24-25H,4-10H2,1-3H3,(H,22,23)/t13-,14+,15+,16+,18-,19-,20+,21+/m1/s1. The van der Waals surface area contributed by atoms with Gasteiger partial charge >= 0.3 is 0 Å². The summed E-state index contributed by atoms with van der Waals surface area (Å²) in [6.45, 7) is 6.85. The molecule has 0 unspecified atom stereocenters. The summed E-state index contributed by atoms with van der Waals surface area (Å²) in [6.07, 6.45) is 9.34. The Balaban J connectivity index is 1.53. The van der Waals surface area contributed by atoms with Gasteiger partial charge in [-0.25, -0.2) is 0 Å². The lowest BCUT2D eigenvalue weighted by atomic mass is 9.44. The summed E-state index contributed by atoms with van der Waals surface area (Å²) >= 11 is 0. The van der Waals surface area contributed by atoms with E-state index in [1.807, 2.05) is 6.20 Å². The van der Waals surface area contributed by atoms with E-state index in [2.05, 4.69) is 31.0 Å². The third kappa shape index (κ3) is 1.88. The van der Waals surface area contributed by atoms with Crippen molar-refractivity contribution in [2.75, 3.05) is 0 Å². The number of H-pyrrole nitrogens is 1. The molecule has 4 nitrogen and oxygen atoms in total. The molecule has 0 radical (unpaired) electrons. The Morgan fingerprint density at radius 3 is 2.60 bits per heavy atom. The normalized spacial score (nSPS) is 54.4. The lowest BCUT2D eigenvalue weighted by Crippen LogP contribution is -2.57. The molecule has 5 rings (SSSR count). The Morgan fingerprint density at radius 1 is 1.04 bits per heavy atom.